The highest BCUT2D eigenvalue weighted by atomic mass is 79.9. The van der Waals surface area contributed by atoms with E-state index in [9.17, 15) is 13.2 Å². The van der Waals surface area contributed by atoms with Crippen LogP contribution in [0.1, 0.15) is 5.56 Å². The van der Waals surface area contributed by atoms with Gasteiger partial charge in [-0.2, -0.15) is 0 Å². The predicted molar refractivity (Wildman–Crippen MR) is 99.4 cm³/mol. The number of benzene rings is 2. The fraction of sp³-hybridized carbons (Fsp3) is 0.188. The molecule has 0 aromatic heterocycles. The number of thioether (sulfide) groups is 1. The monoisotopic (exact) mass is 428 g/mol. The molecule has 24 heavy (non-hydrogen) atoms. The summed E-state index contributed by atoms with van der Waals surface area (Å²) in [6.45, 7) is 0.285. The number of hydrogen-bond donors (Lipinski definition) is 2. The highest BCUT2D eigenvalue weighted by molar-refractivity contribution is 9.10. The molecule has 0 saturated carbocycles. The quantitative estimate of drug-likeness (QED) is 0.664. The highest BCUT2D eigenvalue weighted by Crippen LogP contribution is 2.20. The summed E-state index contributed by atoms with van der Waals surface area (Å²) >= 11 is 4.81. The average molecular weight is 429 g/mol. The van der Waals surface area contributed by atoms with E-state index < -0.39 is 10.0 Å². The van der Waals surface area contributed by atoms with E-state index in [0.717, 1.165) is 14.9 Å². The average Bonchev–Trinajstić information content (AvgIpc) is 2.59. The lowest BCUT2D eigenvalue weighted by Gasteiger charge is -2.08. The van der Waals surface area contributed by atoms with Gasteiger partial charge in [0, 0.05) is 15.9 Å². The van der Waals surface area contributed by atoms with Crippen molar-refractivity contribution in [3.05, 3.63) is 58.6 Å². The second-order valence-electron chi connectivity index (χ2n) is 4.87. The zero-order valence-corrected chi connectivity index (χ0v) is 16.2. The molecule has 8 heteroatoms. The molecule has 0 atom stereocenters. The molecular formula is C16H17BrN2O3S2. The summed E-state index contributed by atoms with van der Waals surface area (Å²) in [6, 6.07) is 14.2. The van der Waals surface area contributed by atoms with Gasteiger partial charge in [-0.3, -0.25) is 4.79 Å². The Hall–Kier alpha value is -1.35. The Bertz CT molecular complexity index is 808. The van der Waals surface area contributed by atoms with Gasteiger partial charge in [-0.15, -0.1) is 11.8 Å². The van der Waals surface area contributed by atoms with Gasteiger partial charge in [0.1, 0.15) is 0 Å². The van der Waals surface area contributed by atoms with Crippen LogP contribution in [0.3, 0.4) is 0 Å². The largest absolute Gasteiger partial charge is 0.351 e. The molecule has 0 aliphatic carbocycles. The first kappa shape index (κ1) is 19.0. The van der Waals surface area contributed by atoms with Gasteiger partial charge in [0.15, 0.2) is 0 Å². The Kier molecular flexibility index (Phi) is 6.85. The molecule has 1 amide bonds. The molecule has 2 rings (SSSR count). The second-order valence-corrected chi connectivity index (χ2v) is 8.73. The first-order valence-electron chi connectivity index (χ1n) is 7.08. The van der Waals surface area contributed by atoms with E-state index in [2.05, 4.69) is 26.0 Å². The maximum atomic E-state index is 11.9. The summed E-state index contributed by atoms with van der Waals surface area (Å²) in [7, 11) is -2.12. The van der Waals surface area contributed by atoms with Gasteiger partial charge in [0.05, 0.1) is 10.6 Å². The van der Waals surface area contributed by atoms with Crippen LogP contribution in [-0.4, -0.2) is 27.1 Å². The van der Waals surface area contributed by atoms with Crippen molar-refractivity contribution in [2.24, 2.45) is 0 Å². The van der Waals surface area contributed by atoms with Crippen LogP contribution in [0, 0.1) is 0 Å². The minimum atomic E-state index is -3.48. The summed E-state index contributed by atoms with van der Waals surface area (Å²) in [4.78, 5) is 13.1. The number of carbonyl (C=O) groups excluding carboxylic acids is 1. The van der Waals surface area contributed by atoms with Crippen LogP contribution >= 0.6 is 27.7 Å². The Balaban J connectivity index is 1.87. The summed E-state index contributed by atoms with van der Waals surface area (Å²) in [5, 5.41) is 2.79. The summed E-state index contributed by atoms with van der Waals surface area (Å²) in [5.74, 6) is 0.195. The number of amides is 1. The molecule has 0 aliphatic heterocycles. The van der Waals surface area contributed by atoms with Crippen molar-refractivity contribution < 1.29 is 13.2 Å². The van der Waals surface area contributed by atoms with Crippen LogP contribution in [0.4, 0.5) is 0 Å². The molecule has 0 bridgehead atoms. The Labute approximate surface area is 154 Å². The van der Waals surface area contributed by atoms with Gasteiger partial charge in [0.25, 0.3) is 0 Å². The molecule has 0 saturated heterocycles. The van der Waals surface area contributed by atoms with Gasteiger partial charge in [-0.25, -0.2) is 13.1 Å². The first-order valence-corrected chi connectivity index (χ1v) is 10.3. The van der Waals surface area contributed by atoms with Crippen LogP contribution in [0.2, 0.25) is 0 Å². The van der Waals surface area contributed by atoms with Crippen LogP contribution in [0.25, 0.3) is 0 Å². The number of rotatable bonds is 7. The second kappa shape index (κ2) is 8.66. The van der Waals surface area contributed by atoms with E-state index in [1.54, 1.807) is 18.2 Å². The van der Waals surface area contributed by atoms with Crippen LogP contribution in [-0.2, 0) is 21.4 Å². The van der Waals surface area contributed by atoms with Crippen molar-refractivity contribution in [1.29, 1.82) is 0 Å². The van der Waals surface area contributed by atoms with Crippen molar-refractivity contribution in [2.45, 2.75) is 16.3 Å². The summed E-state index contributed by atoms with van der Waals surface area (Å²) < 4.78 is 26.8. The number of carbonyl (C=O) groups is 1. The van der Waals surface area contributed by atoms with Crippen LogP contribution in [0.5, 0.6) is 0 Å². The standard InChI is InChI=1S/C16H17BrN2O3S2/c1-18-24(21,22)15-4-2-3-12(9-15)10-19-16(20)11-23-14-7-5-13(17)6-8-14/h2-9,18H,10-11H2,1H3,(H,19,20). The number of hydrogen-bond acceptors (Lipinski definition) is 4. The van der Waals surface area contributed by atoms with Crippen molar-refractivity contribution in [2.75, 3.05) is 12.8 Å². The molecular weight excluding hydrogens is 412 g/mol. The van der Waals surface area contributed by atoms with E-state index in [1.807, 2.05) is 24.3 Å². The van der Waals surface area contributed by atoms with Gasteiger partial charge >= 0.3 is 0 Å². The molecule has 0 fully saturated rings. The normalized spacial score (nSPS) is 11.2. The maximum absolute atomic E-state index is 11.9. The lowest BCUT2D eigenvalue weighted by molar-refractivity contribution is -0.118. The molecule has 2 aromatic rings. The van der Waals surface area contributed by atoms with Crippen LogP contribution in [0.15, 0.2) is 62.8 Å². The minimum absolute atomic E-state index is 0.107. The van der Waals surface area contributed by atoms with Crippen molar-refractivity contribution in [3.8, 4) is 0 Å². The Morgan fingerprint density at radius 1 is 1.17 bits per heavy atom. The smallest absolute Gasteiger partial charge is 0.240 e. The van der Waals surface area contributed by atoms with Crippen molar-refractivity contribution in [3.63, 3.8) is 0 Å². The van der Waals surface area contributed by atoms with Gasteiger partial charge in [-0.1, -0.05) is 28.1 Å². The third kappa shape index (κ3) is 5.62. The van der Waals surface area contributed by atoms with E-state index in [1.165, 1.54) is 24.9 Å². The minimum Gasteiger partial charge on any atom is -0.351 e. The molecule has 0 spiro atoms. The lowest BCUT2D eigenvalue weighted by atomic mass is 10.2. The number of nitrogens with one attached hydrogen (secondary N) is 2. The third-order valence-electron chi connectivity index (χ3n) is 3.15. The topological polar surface area (TPSA) is 75.3 Å². The van der Waals surface area contributed by atoms with Gasteiger partial charge in [0.2, 0.25) is 15.9 Å². The SMILES string of the molecule is CNS(=O)(=O)c1cccc(CNC(=O)CSc2ccc(Br)cc2)c1. The number of halogens is 1. The number of sulfonamides is 1. The molecule has 2 aromatic carbocycles. The summed E-state index contributed by atoms with van der Waals surface area (Å²) in [5.41, 5.74) is 0.730. The van der Waals surface area contributed by atoms with Crippen molar-refractivity contribution in [1.82, 2.24) is 10.0 Å². The molecule has 5 nitrogen and oxygen atoms in total. The van der Waals surface area contributed by atoms with E-state index >= 15 is 0 Å². The molecule has 2 N–H and O–H groups in total. The van der Waals surface area contributed by atoms with Crippen LogP contribution < -0.4 is 10.0 Å². The fourth-order valence-corrected chi connectivity index (χ4v) is 3.66. The predicted octanol–water partition coefficient (Wildman–Crippen LogP) is 2.77. The lowest BCUT2D eigenvalue weighted by Crippen LogP contribution is -2.25. The zero-order valence-electron chi connectivity index (χ0n) is 13.0. The molecule has 0 radical (unpaired) electrons. The Morgan fingerprint density at radius 2 is 1.88 bits per heavy atom. The molecule has 128 valence electrons. The Morgan fingerprint density at radius 3 is 2.54 bits per heavy atom. The third-order valence-corrected chi connectivity index (χ3v) is 6.10. The maximum Gasteiger partial charge on any atom is 0.240 e. The highest BCUT2D eigenvalue weighted by Gasteiger charge is 2.11. The van der Waals surface area contributed by atoms with E-state index in [0.29, 0.717) is 5.75 Å². The first-order chi connectivity index (χ1) is 11.4. The molecule has 0 unspecified atom stereocenters. The van der Waals surface area contributed by atoms with E-state index in [4.69, 9.17) is 0 Å². The summed E-state index contributed by atoms with van der Waals surface area (Å²) in [6.07, 6.45) is 0. The van der Waals surface area contributed by atoms with E-state index in [-0.39, 0.29) is 17.3 Å². The van der Waals surface area contributed by atoms with Gasteiger partial charge < -0.3 is 5.32 Å². The molecule has 0 aliphatic rings. The zero-order chi connectivity index (χ0) is 17.6. The fourth-order valence-electron chi connectivity index (χ4n) is 1.87. The van der Waals surface area contributed by atoms with Crippen molar-refractivity contribution >= 4 is 43.6 Å². The van der Waals surface area contributed by atoms with Gasteiger partial charge in [-0.05, 0) is 49.0 Å². The molecule has 0 heterocycles.